The summed E-state index contributed by atoms with van der Waals surface area (Å²) >= 11 is 0. The summed E-state index contributed by atoms with van der Waals surface area (Å²) in [5, 5.41) is 3.19. The topological polar surface area (TPSA) is 30.5 Å². The molecule has 0 unspecified atom stereocenters. The number of ether oxygens (including phenoxy) is 2. The summed E-state index contributed by atoms with van der Waals surface area (Å²) in [6.45, 7) is 3.33. The van der Waals surface area contributed by atoms with Gasteiger partial charge in [0.2, 0.25) is 0 Å². The molecule has 0 aromatic heterocycles. The molecule has 0 spiro atoms. The normalized spacial score (nSPS) is 11.7. The Morgan fingerprint density at radius 2 is 2.00 bits per heavy atom. The number of hydrogen-bond acceptors (Lipinski definition) is 3. The van der Waals surface area contributed by atoms with Crippen molar-refractivity contribution in [2.24, 2.45) is 0 Å². The van der Waals surface area contributed by atoms with E-state index >= 15 is 0 Å². The van der Waals surface area contributed by atoms with Gasteiger partial charge in [0, 0.05) is 12.1 Å². The van der Waals surface area contributed by atoms with Gasteiger partial charge >= 0.3 is 6.18 Å². The molecule has 1 N–H and O–H groups in total. The fraction of sp³-hybridized carbons (Fsp3) is 0.571. The van der Waals surface area contributed by atoms with Crippen molar-refractivity contribution in [3.05, 3.63) is 29.3 Å². The van der Waals surface area contributed by atoms with Gasteiger partial charge in [-0.3, -0.25) is 0 Å². The molecular weight excluding hydrogens is 271 g/mol. The molecule has 20 heavy (non-hydrogen) atoms. The van der Waals surface area contributed by atoms with Crippen molar-refractivity contribution < 1.29 is 22.6 Å². The monoisotopic (exact) mass is 291 g/mol. The molecular formula is C14H20F3NO2. The lowest BCUT2D eigenvalue weighted by molar-refractivity contribution is -0.146. The first-order valence-electron chi connectivity index (χ1n) is 6.47. The molecule has 0 radical (unpaired) electrons. The van der Waals surface area contributed by atoms with E-state index in [1.54, 1.807) is 6.07 Å². The molecule has 0 saturated heterocycles. The Labute approximate surface area is 117 Å². The van der Waals surface area contributed by atoms with Crippen molar-refractivity contribution >= 4 is 0 Å². The van der Waals surface area contributed by atoms with Crippen LogP contribution >= 0.6 is 0 Å². The Morgan fingerprint density at radius 1 is 1.25 bits per heavy atom. The Bertz CT molecular complexity index is 408. The highest BCUT2D eigenvalue weighted by molar-refractivity contribution is 5.36. The van der Waals surface area contributed by atoms with Gasteiger partial charge in [0.15, 0.2) is 0 Å². The molecule has 1 aromatic rings. The summed E-state index contributed by atoms with van der Waals surface area (Å²) in [7, 11) is 1.53. The lowest BCUT2D eigenvalue weighted by atomic mass is 10.1. The number of methoxy groups -OCH3 is 1. The van der Waals surface area contributed by atoms with E-state index in [4.69, 9.17) is 9.47 Å². The Kier molecular flexibility index (Phi) is 6.81. The third-order valence-electron chi connectivity index (χ3n) is 2.71. The van der Waals surface area contributed by atoms with Crippen LogP contribution in [0, 0.1) is 0 Å². The first kappa shape index (κ1) is 16.8. The summed E-state index contributed by atoms with van der Waals surface area (Å²) in [4.78, 5) is 0. The first-order chi connectivity index (χ1) is 9.46. The van der Waals surface area contributed by atoms with Crippen LogP contribution in [0.2, 0.25) is 0 Å². The SMILES string of the molecule is CCNCc1ccc(OC)c(COCCC(F)(F)F)c1. The zero-order chi connectivity index (χ0) is 15.0. The second-order valence-electron chi connectivity index (χ2n) is 4.34. The molecule has 0 amide bonds. The summed E-state index contributed by atoms with van der Waals surface area (Å²) in [6, 6.07) is 5.60. The molecule has 1 rings (SSSR count). The van der Waals surface area contributed by atoms with Gasteiger partial charge in [0.1, 0.15) is 5.75 Å². The lowest BCUT2D eigenvalue weighted by Gasteiger charge is -2.12. The van der Waals surface area contributed by atoms with Gasteiger partial charge in [0.05, 0.1) is 26.7 Å². The van der Waals surface area contributed by atoms with Gasteiger partial charge in [-0.25, -0.2) is 0 Å². The quantitative estimate of drug-likeness (QED) is 0.746. The van der Waals surface area contributed by atoms with Gasteiger partial charge in [-0.1, -0.05) is 13.0 Å². The van der Waals surface area contributed by atoms with Crippen molar-refractivity contribution in [1.29, 1.82) is 0 Å². The van der Waals surface area contributed by atoms with Gasteiger partial charge in [-0.15, -0.1) is 0 Å². The molecule has 0 aliphatic rings. The molecule has 0 bridgehead atoms. The highest BCUT2D eigenvalue weighted by Crippen LogP contribution is 2.22. The van der Waals surface area contributed by atoms with Gasteiger partial charge in [0.25, 0.3) is 0 Å². The van der Waals surface area contributed by atoms with Crippen LogP contribution in [0.3, 0.4) is 0 Å². The molecule has 0 heterocycles. The third kappa shape index (κ3) is 6.25. The van der Waals surface area contributed by atoms with Crippen molar-refractivity contribution in [3.8, 4) is 5.75 Å². The van der Waals surface area contributed by atoms with E-state index in [9.17, 15) is 13.2 Å². The van der Waals surface area contributed by atoms with Crippen molar-refractivity contribution in [2.45, 2.75) is 32.7 Å². The Hall–Kier alpha value is -1.27. The lowest BCUT2D eigenvalue weighted by Crippen LogP contribution is -2.13. The molecule has 0 atom stereocenters. The summed E-state index contributed by atoms with van der Waals surface area (Å²) in [5.41, 5.74) is 1.80. The summed E-state index contributed by atoms with van der Waals surface area (Å²) in [6.07, 6.45) is -5.12. The minimum absolute atomic E-state index is 0.110. The fourth-order valence-electron chi connectivity index (χ4n) is 1.69. The highest BCUT2D eigenvalue weighted by atomic mass is 19.4. The minimum Gasteiger partial charge on any atom is -0.496 e. The van der Waals surface area contributed by atoms with E-state index in [1.165, 1.54) is 7.11 Å². The van der Waals surface area contributed by atoms with Crippen LogP contribution in [0.1, 0.15) is 24.5 Å². The fourth-order valence-corrected chi connectivity index (χ4v) is 1.69. The van der Waals surface area contributed by atoms with Gasteiger partial charge in [-0.05, 0) is 24.2 Å². The molecule has 0 aliphatic carbocycles. The van der Waals surface area contributed by atoms with Crippen molar-refractivity contribution in [3.63, 3.8) is 0 Å². The molecule has 0 fully saturated rings. The molecule has 0 aliphatic heterocycles. The number of rotatable bonds is 8. The zero-order valence-electron chi connectivity index (χ0n) is 11.7. The maximum Gasteiger partial charge on any atom is 0.391 e. The van der Waals surface area contributed by atoms with E-state index in [0.717, 1.165) is 17.7 Å². The largest absolute Gasteiger partial charge is 0.496 e. The number of alkyl halides is 3. The van der Waals surface area contributed by atoms with Crippen LogP contribution in [0.15, 0.2) is 18.2 Å². The van der Waals surface area contributed by atoms with Crippen LogP contribution < -0.4 is 10.1 Å². The van der Waals surface area contributed by atoms with Crippen LogP contribution in [0.4, 0.5) is 13.2 Å². The first-order valence-corrected chi connectivity index (χ1v) is 6.47. The molecule has 6 heteroatoms. The average Bonchev–Trinajstić information content (AvgIpc) is 2.40. The van der Waals surface area contributed by atoms with Crippen LogP contribution in [0.5, 0.6) is 5.75 Å². The summed E-state index contributed by atoms with van der Waals surface area (Å²) in [5.74, 6) is 0.622. The van der Waals surface area contributed by atoms with E-state index < -0.39 is 12.6 Å². The zero-order valence-corrected chi connectivity index (χ0v) is 11.7. The van der Waals surface area contributed by atoms with Crippen molar-refractivity contribution in [1.82, 2.24) is 5.32 Å². The second kappa shape index (κ2) is 8.11. The molecule has 3 nitrogen and oxygen atoms in total. The second-order valence-corrected chi connectivity index (χ2v) is 4.34. The number of benzene rings is 1. The van der Waals surface area contributed by atoms with Gasteiger partial charge in [-0.2, -0.15) is 13.2 Å². The smallest absolute Gasteiger partial charge is 0.391 e. The number of nitrogens with one attached hydrogen (secondary N) is 1. The van der Waals surface area contributed by atoms with E-state index in [0.29, 0.717) is 12.3 Å². The maximum atomic E-state index is 12.0. The Balaban J connectivity index is 2.57. The van der Waals surface area contributed by atoms with Crippen LogP contribution in [0.25, 0.3) is 0 Å². The predicted octanol–water partition coefficient (Wildman–Crippen LogP) is 3.27. The van der Waals surface area contributed by atoms with Gasteiger partial charge < -0.3 is 14.8 Å². The predicted molar refractivity (Wildman–Crippen MR) is 70.7 cm³/mol. The number of hydrogen-bond donors (Lipinski definition) is 1. The molecule has 1 aromatic carbocycles. The third-order valence-corrected chi connectivity index (χ3v) is 2.71. The van der Waals surface area contributed by atoms with E-state index in [1.807, 2.05) is 19.1 Å². The van der Waals surface area contributed by atoms with Crippen LogP contribution in [-0.2, 0) is 17.9 Å². The highest BCUT2D eigenvalue weighted by Gasteiger charge is 2.26. The Morgan fingerprint density at radius 3 is 2.60 bits per heavy atom. The summed E-state index contributed by atoms with van der Waals surface area (Å²) < 4.78 is 46.3. The average molecular weight is 291 g/mol. The maximum absolute atomic E-state index is 12.0. The number of halogens is 3. The molecule has 0 saturated carbocycles. The van der Waals surface area contributed by atoms with E-state index in [2.05, 4.69) is 5.32 Å². The van der Waals surface area contributed by atoms with E-state index in [-0.39, 0.29) is 13.2 Å². The minimum atomic E-state index is -4.18. The van der Waals surface area contributed by atoms with Crippen LogP contribution in [-0.4, -0.2) is 26.4 Å². The standard InChI is InChI=1S/C14H20F3NO2/c1-3-18-9-11-4-5-13(19-2)12(8-11)10-20-7-6-14(15,16)17/h4-5,8,18H,3,6-7,9-10H2,1-2H3. The van der Waals surface area contributed by atoms with Crippen molar-refractivity contribution in [2.75, 3.05) is 20.3 Å². The molecule has 114 valence electrons.